The van der Waals surface area contributed by atoms with Crippen molar-refractivity contribution in [3.05, 3.63) is 16.3 Å². The molecule has 0 atom stereocenters. The van der Waals surface area contributed by atoms with Crippen molar-refractivity contribution in [2.75, 3.05) is 18.6 Å². The molecule has 1 aliphatic heterocycles. The molecular formula is C8H9NS3. The predicted molar refractivity (Wildman–Crippen MR) is 60.0 cm³/mol. The average Bonchev–Trinajstić information content (AvgIpc) is 2.46. The van der Waals surface area contributed by atoms with E-state index in [1.165, 1.54) is 15.5 Å². The third-order valence-corrected chi connectivity index (χ3v) is 4.32. The molecule has 1 aliphatic rings. The van der Waals surface area contributed by atoms with Gasteiger partial charge in [-0.15, -0.1) is 23.5 Å². The molecule has 0 unspecified atom stereocenters. The normalized spacial score (nSPS) is 16.6. The zero-order valence-electron chi connectivity index (χ0n) is 6.74. The minimum Gasteiger partial charge on any atom is -0.277 e. The first kappa shape index (κ1) is 8.66. The highest BCUT2D eigenvalue weighted by atomic mass is 32.2. The molecule has 0 fully saturated rings. The lowest BCUT2D eigenvalue weighted by Gasteiger charge is -1.98. The van der Waals surface area contributed by atoms with Crippen molar-refractivity contribution in [3.63, 3.8) is 0 Å². The smallest absolute Gasteiger partial charge is 0.0994 e. The van der Waals surface area contributed by atoms with Crippen molar-refractivity contribution >= 4 is 39.9 Å². The van der Waals surface area contributed by atoms with E-state index in [9.17, 15) is 0 Å². The van der Waals surface area contributed by atoms with Crippen molar-refractivity contribution in [1.29, 1.82) is 0 Å². The molecule has 12 heavy (non-hydrogen) atoms. The molecule has 0 saturated heterocycles. The summed E-state index contributed by atoms with van der Waals surface area (Å²) in [6, 6.07) is 0. The Labute approximate surface area is 84.7 Å². The van der Waals surface area contributed by atoms with Crippen LogP contribution < -0.4 is 0 Å². The van der Waals surface area contributed by atoms with Crippen LogP contribution in [0.1, 0.15) is 5.56 Å². The van der Waals surface area contributed by atoms with E-state index in [-0.39, 0.29) is 0 Å². The molecule has 0 radical (unpaired) electrons. The summed E-state index contributed by atoms with van der Waals surface area (Å²) in [5.41, 5.74) is 1.34. The summed E-state index contributed by atoms with van der Waals surface area (Å²) in [6.45, 7) is 0.959. The van der Waals surface area contributed by atoms with Gasteiger partial charge in [0.2, 0.25) is 0 Å². The van der Waals surface area contributed by atoms with Crippen LogP contribution in [0.25, 0.3) is 0 Å². The molecule has 0 spiro atoms. The molecule has 4 heteroatoms. The molecule has 0 aliphatic carbocycles. The van der Waals surface area contributed by atoms with Crippen LogP contribution in [0.3, 0.4) is 0 Å². The molecule has 2 rings (SSSR count). The fraction of sp³-hybridized carbons (Fsp3) is 0.375. The van der Waals surface area contributed by atoms with Gasteiger partial charge in [-0.05, 0) is 6.26 Å². The Kier molecular flexibility index (Phi) is 2.78. The van der Waals surface area contributed by atoms with Gasteiger partial charge in [-0.3, -0.25) is 4.99 Å². The topological polar surface area (TPSA) is 12.4 Å². The number of hydrogen-bond donors (Lipinski definition) is 0. The third kappa shape index (κ3) is 1.56. The molecule has 1 nitrogen and oxygen atoms in total. The van der Waals surface area contributed by atoms with Crippen LogP contribution >= 0.6 is 34.9 Å². The summed E-state index contributed by atoms with van der Waals surface area (Å²) >= 11 is 5.44. The second-order valence-electron chi connectivity index (χ2n) is 2.39. The van der Waals surface area contributed by atoms with E-state index in [0.717, 1.165) is 12.3 Å². The Morgan fingerprint density at radius 2 is 2.42 bits per heavy atom. The van der Waals surface area contributed by atoms with Crippen molar-refractivity contribution in [2.45, 2.75) is 4.90 Å². The Hall–Kier alpha value is 0.0700. The maximum atomic E-state index is 4.52. The molecule has 0 N–H and O–H groups in total. The van der Waals surface area contributed by atoms with Crippen LogP contribution in [0.15, 0.2) is 20.6 Å². The Morgan fingerprint density at radius 1 is 1.50 bits per heavy atom. The zero-order valence-corrected chi connectivity index (χ0v) is 9.19. The van der Waals surface area contributed by atoms with Crippen LogP contribution in [0.5, 0.6) is 0 Å². The molecule has 2 heterocycles. The molecule has 1 aromatic heterocycles. The number of hydrogen-bond acceptors (Lipinski definition) is 4. The summed E-state index contributed by atoms with van der Waals surface area (Å²) in [7, 11) is 0. The monoisotopic (exact) mass is 215 g/mol. The fourth-order valence-corrected chi connectivity index (χ4v) is 3.78. The quantitative estimate of drug-likeness (QED) is 0.659. The van der Waals surface area contributed by atoms with Gasteiger partial charge in [0.1, 0.15) is 0 Å². The molecule has 0 amide bonds. The van der Waals surface area contributed by atoms with Crippen LogP contribution in [0, 0.1) is 0 Å². The third-order valence-electron chi connectivity index (χ3n) is 1.65. The summed E-state index contributed by atoms with van der Waals surface area (Å²) < 4.78 is 0. The van der Waals surface area contributed by atoms with E-state index in [1.54, 1.807) is 23.1 Å². The molecule has 0 aromatic carbocycles. The first-order chi connectivity index (χ1) is 5.92. The first-order valence-corrected chi connectivity index (χ1v) is 6.85. The van der Waals surface area contributed by atoms with Crippen molar-refractivity contribution in [3.8, 4) is 0 Å². The minimum absolute atomic E-state index is 0.959. The molecule has 1 aromatic rings. The lowest BCUT2D eigenvalue weighted by atomic mass is 10.4. The predicted octanol–water partition coefficient (Wildman–Crippen LogP) is 2.96. The molecule has 0 saturated carbocycles. The highest BCUT2D eigenvalue weighted by molar-refractivity contribution is 8.14. The van der Waals surface area contributed by atoms with Gasteiger partial charge >= 0.3 is 0 Å². The lowest BCUT2D eigenvalue weighted by Crippen LogP contribution is -1.92. The Morgan fingerprint density at radius 3 is 3.25 bits per heavy atom. The van der Waals surface area contributed by atoms with Crippen molar-refractivity contribution in [1.82, 2.24) is 0 Å². The SMILES string of the molecule is CSC1=NCCSc2cscc21. The van der Waals surface area contributed by atoms with Gasteiger partial charge in [0.25, 0.3) is 0 Å². The van der Waals surface area contributed by atoms with Gasteiger partial charge in [-0.2, -0.15) is 11.3 Å². The van der Waals surface area contributed by atoms with Gasteiger partial charge in [0.05, 0.1) is 5.04 Å². The standard InChI is InChI=1S/C8H9NS3/c1-10-8-6-4-11-5-7(6)12-3-2-9-8/h4-5H,2-3H2,1H3. The van der Waals surface area contributed by atoms with Gasteiger partial charge in [0, 0.05) is 33.5 Å². The maximum Gasteiger partial charge on any atom is 0.0994 e. The fourth-order valence-electron chi connectivity index (χ4n) is 1.12. The summed E-state index contributed by atoms with van der Waals surface area (Å²) in [4.78, 5) is 5.93. The molecular weight excluding hydrogens is 206 g/mol. The van der Waals surface area contributed by atoms with Crippen molar-refractivity contribution < 1.29 is 0 Å². The van der Waals surface area contributed by atoms with Crippen LogP contribution in [0.4, 0.5) is 0 Å². The summed E-state index contributed by atoms with van der Waals surface area (Å²) in [5.74, 6) is 1.12. The number of thiophene rings is 1. The minimum atomic E-state index is 0.959. The van der Waals surface area contributed by atoms with E-state index < -0.39 is 0 Å². The number of thioether (sulfide) groups is 2. The molecule has 0 bridgehead atoms. The number of aliphatic imine (C=N–C) groups is 1. The number of nitrogens with zero attached hydrogens (tertiary/aromatic N) is 1. The highest BCUT2D eigenvalue weighted by Crippen LogP contribution is 2.31. The average molecular weight is 215 g/mol. The van der Waals surface area contributed by atoms with Crippen LogP contribution in [-0.4, -0.2) is 23.6 Å². The van der Waals surface area contributed by atoms with E-state index >= 15 is 0 Å². The summed E-state index contributed by atoms with van der Waals surface area (Å²) in [5, 5.41) is 5.62. The Balaban J connectivity index is 2.42. The molecule has 64 valence electrons. The van der Waals surface area contributed by atoms with E-state index in [0.29, 0.717) is 0 Å². The summed E-state index contributed by atoms with van der Waals surface area (Å²) in [6.07, 6.45) is 2.09. The van der Waals surface area contributed by atoms with Crippen molar-refractivity contribution in [2.24, 2.45) is 4.99 Å². The first-order valence-electron chi connectivity index (χ1n) is 3.69. The largest absolute Gasteiger partial charge is 0.277 e. The van der Waals surface area contributed by atoms with Crippen LogP contribution in [-0.2, 0) is 0 Å². The van der Waals surface area contributed by atoms with Gasteiger partial charge in [-0.1, -0.05) is 0 Å². The number of fused-ring (bicyclic) bond motifs is 1. The van der Waals surface area contributed by atoms with Gasteiger partial charge in [-0.25, -0.2) is 0 Å². The maximum absolute atomic E-state index is 4.52. The Bertz CT molecular complexity index is 303. The van der Waals surface area contributed by atoms with Gasteiger partial charge < -0.3 is 0 Å². The van der Waals surface area contributed by atoms with Crippen LogP contribution in [0.2, 0.25) is 0 Å². The second kappa shape index (κ2) is 3.85. The van der Waals surface area contributed by atoms with E-state index in [4.69, 9.17) is 0 Å². The van der Waals surface area contributed by atoms with E-state index in [2.05, 4.69) is 22.0 Å². The lowest BCUT2D eigenvalue weighted by molar-refractivity contribution is 1.16. The second-order valence-corrected chi connectivity index (χ2v) is 5.06. The highest BCUT2D eigenvalue weighted by Gasteiger charge is 2.12. The number of rotatable bonds is 0. The van der Waals surface area contributed by atoms with Gasteiger partial charge in [0.15, 0.2) is 0 Å². The van der Waals surface area contributed by atoms with E-state index in [1.807, 2.05) is 11.8 Å². The zero-order chi connectivity index (χ0) is 8.39.